The molecular formula is C15H20N2O5. The summed E-state index contributed by atoms with van der Waals surface area (Å²) in [7, 11) is 0. The number of carbonyl (C=O) groups is 2. The van der Waals surface area contributed by atoms with Crippen molar-refractivity contribution in [1.29, 1.82) is 0 Å². The van der Waals surface area contributed by atoms with Crippen LogP contribution in [-0.2, 0) is 9.53 Å². The van der Waals surface area contributed by atoms with Crippen LogP contribution in [0.1, 0.15) is 39.3 Å². The predicted molar refractivity (Wildman–Crippen MR) is 80.0 cm³/mol. The standard InChI is InChI=1S/C15H20N2O5/c1-10(18)12(16-14(19)22-15(2,3)4)13(17(20)21)11-8-6-5-7-9-11/h5-9,12-13H,1-4H3,(H,16,19)/t12-,13?/m1/s1. The number of nitro groups is 1. The number of nitrogens with one attached hydrogen (secondary N) is 1. The van der Waals surface area contributed by atoms with E-state index in [-0.39, 0.29) is 0 Å². The molecule has 1 amide bonds. The van der Waals surface area contributed by atoms with Gasteiger partial charge in [-0.25, -0.2) is 4.79 Å². The molecule has 0 spiro atoms. The summed E-state index contributed by atoms with van der Waals surface area (Å²) in [5.41, 5.74) is -0.425. The molecule has 2 atom stereocenters. The van der Waals surface area contributed by atoms with Crippen molar-refractivity contribution in [3.05, 3.63) is 46.0 Å². The lowest BCUT2D eigenvalue weighted by Gasteiger charge is -2.24. The molecule has 0 heterocycles. The molecule has 0 saturated heterocycles. The van der Waals surface area contributed by atoms with Crippen molar-refractivity contribution >= 4 is 11.9 Å². The minimum atomic E-state index is -1.37. The second-order valence-corrected chi connectivity index (χ2v) is 5.88. The highest BCUT2D eigenvalue weighted by molar-refractivity contribution is 5.86. The van der Waals surface area contributed by atoms with Crippen LogP contribution in [0.2, 0.25) is 0 Å². The Morgan fingerprint density at radius 1 is 1.23 bits per heavy atom. The molecule has 0 aliphatic heterocycles. The van der Waals surface area contributed by atoms with Gasteiger partial charge in [0, 0.05) is 10.5 Å². The first-order valence-corrected chi connectivity index (χ1v) is 6.80. The summed E-state index contributed by atoms with van der Waals surface area (Å²) in [4.78, 5) is 34.4. The average Bonchev–Trinajstić information content (AvgIpc) is 2.36. The first-order chi connectivity index (χ1) is 10.1. The molecule has 0 fully saturated rings. The summed E-state index contributed by atoms with van der Waals surface area (Å²) in [6, 6.07) is 5.40. The topological polar surface area (TPSA) is 98.5 Å². The van der Waals surface area contributed by atoms with E-state index in [1.165, 1.54) is 6.92 Å². The van der Waals surface area contributed by atoms with Crippen LogP contribution in [0.5, 0.6) is 0 Å². The third kappa shape index (κ3) is 5.16. The van der Waals surface area contributed by atoms with Crippen molar-refractivity contribution in [2.45, 2.75) is 45.4 Å². The van der Waals surface area contributed by atoms with Gasteiger partial charge in [-0.3, -0.25) is 14.9 Å². The Hall–Kier alpha value is -2.44. The molecule has 22 heavy (non-hydrogen) atoms. The number of Topliss-reactive ketones (excluding diaryl/α,β-unsaturated/α-hetero) is 1. The Balaban J connectivity index is 3.04. The SMILES string of the molecule is CC(=O)[C@@H](NC(=O)OC(C)(C)C)C(c1ccccc1)[N+](=O)[O-]. The number of ether oxygens (including phenoxy) is 1. The van der Waals surface area contributed by atoms with E-state index in [0.717, 1.165) is 0 Å². The fourth-order valence-electron chi connectivity index (χ4n) is 1.92. The van der Waals surface area contributed by atoms with Crippen LogP contribution >= 0.6 is 0 Å². The number of amides is 1. The first kappa shape index (κ1) is 17.6. The van der Waals surface area contributed by atoms with Crippen LogP contribution in [0.15, 0.2) is 30.3 Å². The quantitative estimate of drug-likeness (QED) is 0.665. The van der Waals surface area contributed by atoms with Crippen LogP contribution in [0.4, 0.5) is 4.79 Å². The Morgan fingerprint density at radius 3 is 2.18 bits per heavy atom. The number of hydrogen-bond acceptors (Lipinski definition) is 5. The molecular weight excluding hydrogens is 288 g/mol. The highest BCUT2D eigenvalue weighted by Crippen LogP contribution is 2.21. The smallest absolute Gasteiger partial charge is 0.408 e. The number of benzene rings is 1. The van der Waals surface area contributed by atoms with Crippen molar-refractivity contribution in [2.75, 3.05) is 0 Å². The van der Waals surface area contributed by atoms with E-state index < -0.39 is 34.5 Å². The molecule has 0 bridgehead atoms. The summed E-state index contributed by atoms with van der Waals surface area (Å²) >= 11 is 0. The van der Waals surface area contributed by atoms with Gasteiger partial charge < -0.3 is 10.1 Å². The number of nitrogens with zero attached hydrogens (tertiary/aromatic N) is 1. The summed E-state index contributed by atoms with van der Waals surface area (Å²) in [6.07, 6.45) is -0.865. The highest BCUT2D eigenvalue weighted by atomic mass is 16.6. The van der Waals surface area contributed by atoms with Crippen LogP contribution in [-0.4, -0.2) is 28.4 Å². The van der Waals surface area contributed by atoms with Crippen molar-refractivity contribution < 1.29 is 19.2 Å². The Labute approximate surface area is 128 Å². The van der Waals surface area contributed by atoms with Gasteiger partial charge in [0.15, 0.2) is 11.8 Å². The second kappa shape index (κ2) is 7.02. The summed E-state index contributed by atoms with van der Waals surface area (Å²) in [5, 5.41) is 13.7. The van der Waals surface area contributed by atoms with Crippen molar-refractivity contribution in [1.82, 2.24) is 5.32 Å². The van der Waals surface area contributed by atoms with E-state index in [4.69, 9.17) is 4.74 Å². The molecule has 1 aromatic rings. The third-order valence-corrected chi connectivity index (χ3v) is 2.79. The van der Waals surface area contributed by atoms with Crippen LogP contribution in [0.3, 0.4) is 0 Å². The lowest BCUT2D eigenvalue weighted by molar-refractivity contribution is -0.530. The van der Waals surface area contributed by atoms with E-state index >= 15 is 0 Å². The summed E-state index contributed by atoms with van der Waals surface area (Å²) < 4.78 is 5.06. The van der Waals surface area contributed by atoms with Gasteiger partial charge in [0.1, 0.15) is 5.60 Å². The predicted octanol–water partition coefficient (Wildman–Crippen LogP) is 2.49. The summed E-state index contributed by atoms with van der Waals surface area (Å²) in [6.45, 7) is 6.19. The average molecular weight is 308 g/mol. The zero-order valence-corrected chi connectivity index (χ0v) is 13.0. The van der Waals surface area contributed by atoms with Gasteiger partial charge in [-0.05, 0) is 27.7 Å². The number of ketones is 1. The monoisotopic (exact) mass is 308 g/mol. The van der Waals surface area contributed by atoms with Crippen molar-refractivity contribution in [3.8, 4) is 0 Å². The van der Waals surface area contributed by atoms with Gasteiger partial charge >= 0.3 is 6.09 Å². The lowest BCUT2D eigenvalue weighted by Crippen LogP contribution is -2.48. The molecule has 7 nitrogen and oxygen atoms in total. The summed E-state index contributed by atoms with van der Waals surface area (Å²) in [5.74, 6) is -0.517. The molecule has 0 aromatic heterocycles. The molecule has 1 rings (SSSR count). The first-order valence-electron chi connectivity index (χ1n) is 6.80. The van der Waals surface area contributed by atoms with E-state index in [1.807, 2.05) is 0 Å². The minimum Gasteiger partial charge on any atom is -0.444 e. The van der Waals surface area contributed by atoms with E-state index in [0.29, 0.717) is 5.56 Å². The van der Waals surface area contributed by atoms with Gasteiger partial charge in [0.2, 0.25) is 0 Å². The van der Waals surface area contributed by atoms with Gasteiger partial charge in [0.05, 0.1) is 0 Å². The fourth-order valence-corrected chi connectivity index (χ4v) is 1.92. The van der Waals surface area contributed by atoms with Crippen molar-refractivity contribution in [2.24, 2.45) is 0 Å². The Morgan fingerprint density at radius 2 is 1.77 bits per heavy atom. The number of carbonyl (C=O) groups excluding carboxylic acids is 2. The second-order valence-electron chi connectivity index (χ2n) is 5.88. The number of hydrogen-bond donors (Lipinski definition) is 1. The Bertz CT molecular complexity index is 551. The number of rotatable bonds is 5. The molecule has 0 aliphatic carbocycles. The molecule has 1 unspecified atom stereocenters. The van der Waals surface area contributed by atoms with Crippen molar-refractivity contribution in [3.63, 3.8) is 0 Å². The third-order valence-electron chi connectivity index (χ3n) is 2.79. The van der Waals surface area contributed by atoms with Gasteiger partial charge in [-0.2, -0.15) is 0 Å². The molecule has 1 N–H and O–H groups in total. The zero-order chi connectivity index (χ0) is 16.9. The highest BCUT2D eigenvalue weighted by Gasteiger charge is 2.38. The molecule has 1 aromatic carbocycles. The molecule has 120 valence electrons. The lowest BCUT2D eigenvalue weighted by atomic mass is 9.97. The normalized spacial score (nSPS) is 13.8. The minimum absolute atomic E-state index is 0.337. The van der Waals surface area contributed by atoms with Gasteiger partial charge in [0.25, 0.3) is 6.04 Å². The van der Waals surface area contributed by atoms with Crippen LogP contribution in [0, 0.1) is 10.1 Å². The fraction of sp³-hybridized carbons (Fsp3) is 0.467. The van der Waals surface area contributed by atoms with E-state index in [1.54, 1.807) is 51.1 Å². The molecule has 0 aliphatic rings. The largest absolute Gasteiger partial charge is 0.444 e. The molecule has 0 radical (unpaired) electrons. The number of alkyl carbamates (subject to hydrolysis) is 1. The van der Waals surface area contributed by atoms with Crippen LogP contribution in [0.25, 0.3) is 0 Å². The molecule has 7 heteroatoms. The maximum Gasteiger partial charge on any atom is 0.408 e. The maximum atomic E-state index is 11.8. The Kier molecular flexibility index (Phi) is 5.62. The van der Waals surface area contributed by atoms with E-state index in [9.17, 15) is 19.7 Å². The van der Waals surface area contributed by atoms with Crippen LogP contribution < -0.4 is 5.32 Å². The van der Waals surface area contributed by atoms with E-state index in [2.05, 4.69) is 5.32 Å². The zero-order valence-electron chi connectivity index (χ0n) is 13.0. The molecule has 0 saturated carbocycles. The van der Waals surface area contributed by atoms with Gasteiger partial charge in [-0.1, -0.05) is 30.3 Å². The maximum absolute atomic E-state index is 11.8. The van der Waals surface area contributed by atoms with Gasteiger partial charge in [-0.15, -0.1) is 0 Å².